The van der Waals surface area contributed by atoms with Gasteiger partial charge in [-0.3, -0.25) is 0 Å². The summed E-state index contributed by atoms with van der Waals surface area (Å²) < 4.78 is 28.7. The van der Waals surface area contributed by atoms with Crippen LogP contribution >= 0.6 is 11.6 Å². The van der Waals surface area contributed by atoms with Crippen LogP contribution in [-0.2, 0) is 16.4 Å². The van der Waals surface area contributed by atoms with Gasteiger partial charge in [-0.2, -0.15) is 0 Å². The minimum atomic E-state index is -2.85. The van der Waals surface area contributed by atoms with Crippen LogP contribution in [0.2, 0.25) is 5.02 Å². The Bertz CT molecular complexity index is 775. The van der Waals surface area contributed by atoms with E-state index in [1.54, 1.807) is 12.1 Å². The maximum atomic E-state index is 11.5. The molecule has 0 bridgehead atoms. The van der Waals surface area contributed by atoms with Crippen molar-refractivity contribution in [3.8, 4) is 11.5 Å². The summed E-state index contributed by atoms with van der Waals surface area (Å²) in [6, 6.07) is 15.0. The molecule has 2 aromatic rings. The molecule has 1 heterocycles. The summed E-state index contributed by atoms with van der Waals surface area (Å²) in [5.41, 5.74) is 1.06. The molecule has 23 heavy (non-hydrogen) atoms. The van der Waals surface area contributed by atoms with Gasteiger partial charge in [0.2, 0.25) is 0 Å². The third kappa shape index (κ3) is 4.70. The summed E-state index contributed by atoms with van der Waals surface area (Å²) in [7, 11) is -2.85. The zero-order valence-electron chi connectivity index (χ0n) is 12.5. The number of rotatable bonds is 5. The molecule has 1 aliphatic rings. The van der Waals surface area contributed by atoms with Crippen molar-refractivity contribution in [3.63, 3.8) is 0 Å². The molecule has 2 aromatic carbocycles. The first-order valence-corrected chi connectivity index (χ1v) is 9.66. The quantitative estimate of drug-likeness (QED) is 0.896. The summed E-state index contributed by atoms with van der Waals surface area (Å²) >= 11 is 5.86. The molecule has 0 aliphatic carbocycles. The van der Waals surface area contributed by atoms with E-state index in [2.05, 4.69) is 5.32 Å². The van der Waals surface area contributed by atoms with Crippen molar-refractivity contribution in [2.45, 2.75) is 19.0 Å². The fraction of sp³-hybridized carbons (Fsp3) is 0.294. The molecule has 1 N–H and O–H groups in total. The van der Waals surface area contributed by atoms with Crippen molar-refractivity contribution in [2.24, 2.45) is 0 Å². The molecule has 122 valence electrons. The van der Waals surface area contributed by atoms with Gasteiger partial charge < -0.3 is 10.1 Å². The molecule has 0 saturated carbocycles. The zero-order chi connectivity index (χ0) is 16.3. The first-order chi connectivity index (χ1) is 11.0. The molecular weight excluding hydrogens is 334 g/mol. The molecule has 0 amide bonds. The van der Waals surface area contributed by atoms with E-state index < -0.39 is 9.84 Å². The fourth-order valence-corrected chi connectivity index (χ4v) is 4.41. The van der Waals surface area contributed by atoms with E-state index in [0.29, 0.717) is 18.0 Å². The Hall–Kier alpha value is -1.56. The third-order valence-corrected chi connectivity index (χ3v) is 5.80. The SMILES string of the molecule is O=S1(=O)CC[C@@H](NCc2cccc(Oc3ccc(Cl)cc3)c2)C1. The van der Waals surface area contributed by atoms with Gasteiger partial charge in [-0.1, -0.05) is 23.7 Å². The predicted octanol–water partition coefficient (Wildman–Crippen LogP) is 3.41. The van der Waals surface area contributed by atoms with Gasteiger partial charge in [0.15, 0.2) is 9.84 Å². The maximum absolute atomic E-state index is 11.5. The molecule has 1 aliphatic heterocycles. The lowest BCUT2D eigenvalue weighted by molar-refractivity contribution is 0.480. The predicted molar refractivity (Wildman–Crippen MR) is 91.9 cm³/mol. The van der Waals surface area contributed by atoms with Crippen LogP contribution in [0.3, 0.4) is 0 Å². The van der Waals surface area contributed by atoms with Crippen LogP contribution < -0.4 is 10.1 Å². The number of ether oxygens (including phenoxy) is 1. The van der Waals surface area contributed by atoms with E-state index in [-0.39, 0.29) is 17.5 Å². The van der Waals surface area contributed by atoms with Crippen LogP contribution in [0.25, 0.3) is 0 Å². The number of hydrogen-bond donors (Lipinski definition) is 1. The van der Waals surface area contributed by atoms with Crippen molar-refractivity contribution in [2.75, 3.05) is 11.5 Å². The van der Waals surface area contributed by atoms with Gasteiger partial charge in [-0.15, -0.1) is 0 Å². The normalized spacial score (nSPS) is 19.6. The molecule has 1 saturated heterocycles. The number of benzene rings is 2. The largest absolute Gasteiger partial charge is 0.457 e. The summed E-state index contributed by atoms with van der Waals surface area (Å²) in [5, 5.41) is 3.97. The van der Waals surface area contributed by atoms with Crippen molar-refractivity contribution < 1.29 is 13.2 Å². The average molecular weight is 352 g/mol. The second kappa shape index (κ2) is 6.91. The number of sulfone groups is 1. The number of halogens is 1. The zero-order valence-corrected chi connectivity index (χ0v) is 14.1. The average Bonchev–Trinajstić information content (AvgIpc) is 2.87. The van der Waals surface area contributed by atoms with E-state index in [0.717, 1.165) is 17.1 Å². The van der Waals surface area contributed by atoms with Crippen molar-refractivity contribution in [3.05, 3.63) is 59.1 Å². The van der Waals surface area contributed by atoms with Crippen molar-refractivity contribution >= 4 is 21.4 Å². The van der Waals surface area contributed by atoms with E-state index >= 15 is 0 Å². The van der Waals surface area contributed by atoms with Crippen LogP contribution in [-0.4, -0.2) is 26.0 Å². The van der Waals surface area contributed by atoms with E-state index in [1.807, 2.05) is 36.4 Å². The molecule has 0 aromatic heterocycles. The van der Waals surface area contributed by atoms with Crippen LogP contribution in [0.1, 0.15) is 12.0 Å². The lowest BCUT2D eigenvalue weighted by atomic mass is 10.2. The Balaban J connectivity index is 1.60. The monoisotopic (exact) mass is 351 g/mol. The van der Waals surface area contributed by atoms with Gasteiger partial charge in [-0.25, -0.2) is 8.42 Å². The standard InChI is InChI=1S/C17H18ClNO3S/c18-14-4-6-16(7-5-14)22-17-3-1-2-13(10-17)11-19-15-8-9-23(20,21)12-15/h1-7,10,15,19H,8-9,11-12H2/t15-/m1/s1. The lowest BCUT2D eigenvalue weighted by Crippen LogP contribution is -2.29. The van der Waals surface area contributed by atoms with E-state index in [1.165, 1.54) is 0 Å². The highest BCUT2D eigenvalue weighted by atomic mass is 35.5. The summed E-state index contributed by atoms with van der Waals surface area (Å²) in [6.45, 7) is 0.623. The van der Waals surface area contributed by atoms with Crippen molar-refractivity contribution in [1.82, 2.24) is 5.32 Å². The molecule has 0 radical (unpaired) electrons. The highest BCUT2D eigenvalue weighted by Gasteiger charge is 2.27. The van der Waals surface area contributed by atoms with Crippen LogP contribution in [0.15, 0.2) is 48.5 Å². The van der Waals surface area contributed by atoms with Crippen LogP contribution in [0.4, 0.5) is 0 Å². The van der Waals surface area contributed by atoms with Gasteiger partial charge in [0.1, 0.15) is 11.5 Å². The molecule has 4 nitrogen and oxygen atoms in total. The highest BCUT2D eigenvalue weighted by molar-refractivity contribution is 7.91. The second-order valence-electron chi connectivity index (χ2n) is 5.68. The summed E-state index contributed by atoms with van der Waals surface area (Å²) in [4.78, 5) is 0. The molecule has 1 atom stereocenters. The smallest absolute Gasteiger partial charge is 0.151 e. The Kier molecular flexibility index (Phi) is 4.90. The first kappa shape index (κ1) is 16.3. The Morgan fingerprint density at radius 1 is 1.13 bits per heavy atom. The minimum Gasteiger partial charge on any atom is -0.457 e. The van der Waals surface area contributed by atoms with Gasteiger partial charge in [-0.05, 0) is 48.4 Å². The Morgan fingerprint density at radius 3 is 2.61 bits per heavy atom. The fourth-order valence-electron chi connectivity index (χ4n) is 2.58. The molecule has 6 heteroatoms. The van der Waals surface area contributed by atoms with Gasteiger partial charge in [0, 0.05) is 17.6 Å². The van der Waals surface area contributed by atoms with Gasteiger partial charge >= 0.3 is 0 Å². The van der Waals surface area contributed by atoms with Crippen molar-refractivity contribution in [1.29, 1.82) is 0 Å². The Labute approximate surface area is 141 Å². The Morgan fingerprint density at radius 2 is 1.91 bits per heavy atom. The third-order valence-electron chi connectivity index (χ3n) is 3.78. The summed E-state index contributed by atoms with van der Waals surface area (Å²) in [6.07, 6.45) is 0.684. The summed E-state index contributed by atoms with van der Waals surface area (Å²) in [5.74, 6) is 1.98. The van der Waals surface area contributed by atoms with E-state index in [4.69, 9.17) is 16.3 Å². The highest BCUT2D eigenvalue weighted by Crippen LogP contribution is 2.24. The van der Waals surface area contributed by atoms with Gasteiger partial charge in [0.05, 0.1) is 11.5 Å². The number of nitrogens with one attached hydrogen (secondary N) is 1. The maximum Gasteiger partial charge on any atom is 0.151 e. The van der Waals surface area contributed by atoms with Crippen LogP contribution in [0, 0.1) is 0 Å². The topological polar surface area (TPSA) is 55.4 Å². The molecule has 3 rings (SSSR count). The van der Waals surface area contributed by atoms with Gasteiger partial charge in [0.25, 0.3) is 0 Å². The molecule has 0 unspecified atom stereocenters. The minimum absolute atomic E-state index is 0.0424. The second-order valence-corrected chi connectivity index (χ2v) is 8.35. The number of hydrogen-bond acceptors (Lipinski definition) is 4. The van der Waals surface area contributed by atoms with Crippen LogP contribution in [0.5, 0.6) is 11.5 Å². The molecular formula is C17H18ClNO3S. The molecule has 1 fully saturated rings. The van der Waals surface area contributed by atoms with E-state index in [9.17, 15) is 8.42 Å². The first-order valence-electron chi connectivity index (χ1n) is 7.46. The molecule has 0 spiro atoms. The lowest BCUT2D eigenvalue weighted by Gasteiger charge is -2.12.